The number of anilines is 1. The molecule has 1 saturated heterocycles. The molecule has 2 heterocycles. The highest BCUT2D eigenvalue weighted by Gasteiger charge is 2.23. The van der Waals surface area contributed by atoms with E-state index in [9.17, 15) is 0 Å². The zero-order valence-electron chi connectivity index (χ0n) is 13.2. The molecule has 0 radical (unpaired) electrons. The van der Waals surface area contributed by atoms with Crippen LogP contribution in [0.1, 0.15) is 18.5 Å². The number of methoxy groups -OCH3 is 1. The summed E-state index contributed by atoms with van der Waals surface area (Å²) in [5.74, 6) is 0.908. The highest BCUT2D eigenvalue weighted by molar-refractivity contribution is 5.49. The number of hydrogen-bond acceptors (Lipinski definition) is 5. The van der Waals surface area contributed by atoms with Gasteiger partial charge in [-0.15, -0.1) is 0 Å². The van der Waals surface area contributed by atoms with Crippen LogP contribution in [-0.4, -0.2) is 43.3 Å². The molecule has 1 aliphatic rings. The van der Waals surface area contributed by atoms with Crippen molar-refractivity contribution >= 4 is 5.69 Å². The van der Waals surface area contributed by atoms with Crippen molar-refractivity contribution in [2.24, 2.45) is 0 Å². The third kappa shape index (κ3) is 3.42. The van der Waals surface area contributed by atoms with Crippen molar-refractivity contribution in [2.45, 2.75) is 25.4 Å². The van der Waals surface area contributed by atoms with Crippen LogP contribution in [0.3, 0.4) is 0 Å². The molecule has 1 aromatic carbocycles. The van der Waals surface area contributed by atoms with Crippen LogP contribution in [-0.2, 0) is 6.54 Å². The van der Waals surface area contributed by atoms with E-state index in [1.807, 2.05) is 18.2 Å². The minimum Gasteiger partial charge on any atom is -0.497 e. The van der Waals surface area contributed by atoms with E-state index in [2.05, 4.69) is 34.1 Å². The van der Waals surface area contributed by atoms with E-state index < -0.39 is 0 Å². The smallest absolute Gasteiger partial charge is 0.124 e. The minimum absolute atomic E-state index is 0.603. The molecule has 0 unspecified atom stereocenters. The minimum atomic E-state index is 0.603. The lowest BCUT2D eigenvalue weighted by molar-refractivity contribution is 0.195. The Kier molecular flexibility index (Phi) is 4.63. The quantitative estimate of drug-likeness (QED) is 0.849. The fourth-order valence-corrected chi connectivity index (χ4v) is 3.06. The van der Waals surface area contributed by atoms with Crippen molar-refractivity contribution in [3.8, 4) is 5.75 Å². The van der Waals surface area contributed by atoms with E-state index in [0.717, 1.165) is 31.1 Å². The molecule has 5 heteroatoms. The summed E-state index contributed by atoms with van der Waals surface area (Å²) >= 11 is 0. The van der Waals surface area contributed by atoms with Crippen molar-refractivity contribution in [2.75, 3.05) is 32.1 Å². The van der Waals surface area contributed by atoms with Crippen LogP contribution in [0.15, 0.2) is 41.1 Å². The molecule has 1 aliphatic heterocycles. The molecule has 0 amide bonds. The number of rotatable bonds is 5. The number of nitrogens with zero attached hydrogens (tertiary/aromatic N) is 3. The molecular weight excluding hydrogens is 278 g/mol. The van der Waals surface area contributed by atoms with Crippen LogP contribution in [0.25, 0.3) is 0 Å². The maximum absolute atomic E-state index is 5.22. The lowest BCUT2D eigenvalue weighted by Crippen LogP contribution is -2.43. The summed E-state index contributed by atoms with van der Waals surface area (Å²) in [5.41, 5.74) is 2.28. The predicted molar refractivity (Wildman–Crippen MR) is 86.2 cm³/mol. The van der Waals surface area contributed by atoms with Gasteiger partial charge in [-0.3, -0.25) is 4.90 Å². The maximum atomic E-state index is 5.22. The summed E-state index contributed by atoms with van der Waals surface area (Å²) in [5, 5.41) is 3.99. The van der Waals surface area contributed by atoms with Crippen LogP contribution in [0.5, 0.6) is 5.75 Å². The number of piperidine rings is 1. The Bertz CT molecular complexity index is 560. The van der Waals surface area contributed by atoms with E-state index in [4.69, 9.17) is 9.26 Å². The first-order chi connectivity index (χ1) is 10.8. The molecule has 118 valence electrons. The standard InChI is InChI=1S/C17H23N3O2/c1-19(13-14-9-12-22-18-14)15-7-10-20(11-8-15)16-3-5-17(21-2)6-4-16/h3-6,9,12,15H,7-8,10-11,13H2,1-2H3. The fraction of sp³-hybridized carbons (Fsp3) is 0.471. The molecular formula is C17H23N3O2. The Morgan fingerprint density at radius 1 is 1.23 bits per heavy atom. The van der Waals surface area contributed by atoms with E-state index >= 15 is 0 Å². The number of aromatic nitrogens is 1. The normalized spacial score (nSPS) is 16.2. The molecule has 0 bridgehead atoms. The second-order valence-corrected chi connectivity index (χ2v) is 5.82. The van der Waals surface area contributed by atoms with Gasteiger partial charge in [0.05, 0.1) is 12.8 Å². The average Bonchev–Trinajstić information content (AvgIpc) is 3.08. The van der Waals surface area contributed by atoms with E-state index in [1.165, 1.54) is 18.5 Å². The molecule has 5 nitrogen and oxygen atoms in total. The van der Waals surface area contributed by atoms with Gasteiger partial charge in [-0.25, -0.2) is 0 Å². The van der Waals surface area contributed by atoms with Crippen molar-refractivity contribution in [1.82, 2.24) is 10.1 Å². The molecule has 1 fully saturated rings. The topological polar surface area (TPSA) is 41.7 Å². The third-order valence-corrected chi connectivity index (χ3v) is 4.43. The summed E-state index contributed by atoms with van der Waals surface area (Å²) in [6.45, 7) is 3.02. The lowest BCUT2D eigenvalue weighted by Gasteiger charge is -2.37. The van der Waals surface area contributed by atoms with Gasteiger partial charge < -0.3 is 14.2 Å². The van der Waals surface area contributed by atoms with Gasteiger partial charge in [0, 0.05) is 37.4 Å². The van der Waals surface area contributed by atoms with Crippen LogP contribution in [0.2, 0.25) is 0 Å². The van der Waals surface area contributed by atoms with Crippen molar-refractivity contribution in [3.63, 3.8) is 0 Å². The van der Waals surface area contributed by atoms with E-state index in [1.54, 1.807) is 13.4 Å². The zero-order chi connectivity index (χ0) is 15.4. The fourth-order valence-electron chi connectivity index (χ4n) is 3.06. The van der Waals surface area contributed by atoms with Gasteiger partial charge in [0.15, 0.2) is 0 Å². The molecule has 0 aliphatic carbocycles. The molecule has 22 heavy (non-hydrogen) atoms. The van der Waals surface area contributed by atoms with Gasteiger partial charge in [-0.2, -0.15) is 0 Å². The molecule has 0 N–H and O–H groups in total. The Morgan fingerprint density at radius 3 is 2.55 bits per heavy atom. The lowest BCUT2D eigenvalue weighted by atomic mass is 10.0. The van der Waals surface area contributed by atoms with Crippen molar-refractivity contribution in [3.05, 3.63) is 42.3 Å². The summed E-state index contributed by atoms with van der Waals surface area (Å²) in [4.78, 5) is 4.82. The monoisotopic (exact) mass is 301 g/mol. The first kappa shape index (κ1) is 14.9. The summed E-state index contributed by atoms with van der Waals surface area (Å²) in [7, 11) is 3.87. The van der Waals surface area contributed by atoms with Crippen LogP contribution in [0.4, 0.5) is 5.69 Å². The first-order valence-electron chi connectivity index (χ1n) is 7.75. The second kappa shape index (κ2) is 6.83. The summed E-state index contributed by atoms with van der Waals surface area (Å²) < 4.78 is 10.1. The Labute approximate surface area is 131 Å². The molecule has 1 aromatic heterocycles. The maximum Gasteiger partial charge on any atom is 0.124 e. The molecule has 3 rings (SSSR count). The molecule has 0 saturated carbocycles. The van der Waals surface area contributed by atoms with E-state index in [-0.39, 0.29) is 0 Å². The molecule has 0 spiro atoms. The van der Waals surface area contributed by atoms with Crippen molar-refractivity contribution < 1.29 is 9.26 Å². The Balaban J connectivity index is 1.53. The first-order valence-corrected chi connectivity index (χ1v) is 7.75. The number of hydrogen-bond donors (Lipinski definition) is 0. The van der Waals surface area contributed by atoms with Gasteiger partial charge in [0.2, 0.25) is 0 Å². The molecule has 0 atom stereocenters. The zero-order valence-corrected chi connectivity index (χ0v) is 13.2. The van der Waals surface area contributed by atoms with Crippen molar-refractivity contribution in [1.29, 1.82) is 0 Å². The highest BCUT2D eigenvalue weighted by Crippen LogP contribution is 2.24. The van der Waals surface area contributed by atoms with Gasteiger partial charge >= 0.3 is 0 Å². The SMILES string of the molecule is COc1ccc(N2CCC(N(C)Cc3ccon3)CC2)cc1. The highest BCUT2D eigenvalue weighted by atomic mass is 16.5. The summed E-state index contributed by atoms with van der Waals surface area (Å²) in [6.07, 6.45) is 3.97. The van der Waals surface area contributed by atoms with Gasteiger partial charge in [0.1, 0.15) is 12.0 Å². The van der Waals surface area contributed by atoms with Gasteiger partial charge in [0.25, 0.3) is 0 Å². The Hall–Kier alpha value is -2.01. The van der Waals surface area contributed by atoms with Gasteiger partial charge in [-0.05, 0) is 44.2 Å². The Morgan fingerprint density at radius 2 is 1.95 bits per heavy atom. The predicted octanol–water partition coefficient (Wildman–Crippen LogP) is 2.78. The second-order valence-electron chi connectivity index (χ2n) is 5.82. The number of benzene rings is 1. The average molecular weight is 301 g/mol. The van der Waals surface area contributed by atoms with Crippen LogP contribution in [0, 0.1) is 0 Å². The summed E-state index contributed by atoms with van der Waals surface area (Å²) in [6, 6.07) is 10.9. The third-order valence-electron chi connectivity index (χ3n) is 4.43. The largest absolute Gasteiger partial charge is 0.497 e. The van der Waals surface area contributed by atoms with Gasteiger partial charge in [-0.1, -0.05) is 5.16 Å². The molecule has 2 aromatic rings. The number of ether oxygens (including phenoxy) is 1. The van der Waals surface area contributed by atoms with E-state index in [0.29, 0.717) is 6.04 Å². The van der Waals surface area contributed by atoms with Crippen LogP contribution < -0.4 is 9.64 Å². The van der Waals surface area contributed by atoms with Crippen LogP contribution >= 0.6 is 0 Å².